The van der Waals surface area contributed by atoms with Gasteiger partial charge in [0.2, 0.25) is 5.91 Å². The van der Waals surface area contributed by atoms with Crippen LogP contribution in [0.4, 0.5) is 0 Å². The summed E-state index contributed by atoms with van der Waals surface area (Å²) in [7, 11) is 1.67. The lowest BCUT2D eigenvalue weighted by Crippen LogP contribution is -2.45. The van der Waals surface area contributed by atoms with Crippen LogP contribution in [0.25, 0.3) is 0 Å². The maximum atomic E-state index is 12.0. The summed E-state index contributed by atoms with van der Waals surface area (Å²) >= 11 is 0. The van der Waals surface area contributed by atoms with Gasteiger partial charge in [0.05, 0.1) is 6.04 Å². The molecule has 0 aliphatic heterocycles. The molecule has 1 aromatic carbocycles. The number of nitrogens with two attached hydrogens (primary N) is 1. The molecule has 1 amide bonds. The predicted molar refractivity (Wildman–Crippen MR) is 83.1 cm³/mol. The van der Waals surface area contributed by atoms with E-state index in [1.165, 1.54) is 0 Å². The molecule has 4 N–H and O–H groups in total. The van der Waals surface area contributed by atoms with Crippen molar-refractivity contribution in [3.63, 3.8) is 0 Å². The second-order valence-corrected chi connectivity index (χ2v) is 6.10. The zero-order valence-corrected chi connectivity index (χ0v) is 13.1. The first-order chi connectivity index (χ1) is 9.84. The Labute approximate surface area is 126 Å². The summed E-state index contributed by atoms with van der Waals surface area (Å²) in [6.45, 7) is 5.40. The molecule has 0 radical (unpaired) electrons. The largest absolute Gasteiger partial charge is 0.508 e. The van der Waals surface area contributed by atoms with E-state index in [1.54, 1.807) is 31.4 Å². The Morgan fingerprint density at radius 2 is 2.00 bits per heavy atom. The molecular weight excluding hydrogens is 268 g/mol. The van der Waals surface area contributed by atoms with Gasteiger partial charge in [-0.2, -0.15) is 0 Å². The van der Waals surface area contributed by atoms with Crippen LogP contribution < -0.4 is 11.1 Å². The first-order valence-electron chi connectivity index (χ1n) is 7.14. The number of benzene rings is 1. The van der Waals surface area contributed by atoms with Crippen molar-refractivity contribution in [1.29, 1.82) is 0 Å². The third-order valence-corrected chi connectivity index (χ3v) is 3.45. The summed E-state index contributed by atoms with van der Waals surface area (Å²) in [5.41, 5.74) is 6.82. The van der Waals surface area contributed by atoms with Crippen molar-refractivity contribution < 1.29 is 14.6 Å². The van der Waals surface area contributed by atoms with E-state index in [-0.39, 0.29) is 17.1 Å². The molecule has 1 unspecified atom stereocenters. The van der Waals surface area contributed by atoms with Gasteiger partial charge in [-0.3, -0.25) is 4.79 Å². The van der Waals surface area contributed by atoms with Crippen LogP contribution >= 0.6 is 0 Å². The van der Waals surface area contributed by atoms with Crippen LogP contribution in [-0.4, -0.2) is 37.3 Å². The summed E-state index contributed by atoms with van der Waals surface area (Å²) in [5.74, 6) is 0.0465. The molecule has 1 atom stereocenters. The highest BCUT2D eigenvalue weighted by molar-refractivity contribution is 5.81. The predicted octanol–water partition coefficient (Wildman–Crippen LogP) is 1.44. The van der Waals surface area contributed by atoms with Crippen LogP contribution in [0.15, 0.2) is 24.3 Å². The Kier molecular flexibility index (Phi) is 6.65. The van der Waals surface area contributed by atoms with Gasteiger partial charge >= 0.3 is 0 Å². The lowest BCUT2D eigenvalue weighted by atomic mass is 9.89. The van der Waals surface area contributed by atoms with Gasteiger partial charge in [0.15, 0.2) is 0 Å². The van der Waals surface area contributed by atoms with Gasteiger partial charge in [-0.15, -0.1) is 0 Å². The average Bonchev–Trinajstić information content (AvgIpc) is 2.45. The molecule has 21 heavy (non-hydrogen) atoms. The minimum absolute atomic E-state index is 0.0239. The SMILES string of the molecule is COCCC(C)(C)CNC(=O)C(N)Cc1ccc(O)cc1. The normalized spacial score (nSPS) is 13.0. The standard InChI is InChI=1S/C16H26N2O3/c1-16(2,8-9-21-3)11-18-15(20)14(17)10-12-4-6-13(19)7-5-12/h4-7,14,19H,8-11,17H2,1-3H3,(H,18,20). The molecule has 118 valence electrons. The fourth-order valence-electron chi connectivity index (χ4n) is 1.90. The molecule has 0 aromatic heterocycles. The lowest BCUT2D eigenvalue weighted by Gasteiger charge is -2.25. The van der Waals surface area contributed by atoms with E-state index in [2.05, 4.69) is 19.2 Å². The Morgan fingerprint density at radius 3 is 2.57 bits per heavy atom. The first-order valence-corrected chi connectivity index (χ1v) is 7.14. The van der Waals surface area contributed by atoms with Crippen LogP contribution in [0.1, 0.15) is 25.8 Å². The molecule has 0 heterocycles. The molecule has 0 aliphatic carbocycles. The quantitative estimate of drug-likeness (QED) is 0.677. The Hall–Kier alpha value is -1.59. The third kappa shape index (κ3) is 6.60. The number of hydrogen-bond donors (Lipinski definition) is 3. The Balaban J connectivity index is 2.42. The minimum Gasteiger partial charge on any atom is -0.508 e. The van der Waals surface area contributed by atoms with E-state index < -0.39 is 6.04 Å². The van der Waals surface area contributed by atoms with E-state index >= 15 is 0 Å². The molecule has 5 heteroatoms. The van der Waals surface area contributed by atoms with Crippen molar-refractivity contribution in [2.24, 2.45) is 11.1 Å². The lowest BCUT2D eigenvalue weighted by molar-refractivity contribution is -0.122. The Morgan fingerprint density at radius 1 is 1.38 bits per heavy atom. The van der Waals surface area contributed by atoms with Crippen molar-refractivity contribution in [3.05, 3.63) is 29.8 Å². The van der Waals surface area contributed by atoms with E-state index in [9.17, 15) is 9.90 Å². The molecule has 5 nitrogen and oxygen atoms in total. The number of amides is 1. The van der Waals surface area contributed by atoms with Gasteiger partial charge in [-0.05, 0) is 36.0 Å². The number of phenolic OH excluding ortho intramolecular Hbond substituents is 1. The van der Waals surface area contributed by atoms with Crippen LogP contribution in [0.3, 0.4) is 0 Å². The molecular formula is C16H26N2O3. The van der Waals surface area contributed by atoms with Gasteiger partial charge in [-0.1, -0.05) is 26.0 Å². The average molecular weight is 294 g/mol. The molecule has 1 aromatic rings. The number of ether oxygens (including phenoxy) is 1. The first kappa shape index (κ1) is 17.5. The van der Waals surface area contributed by atoms with Crippen LogP contribution in [0.2, 0.25) is 0 Å². The maximum Gasteiger partial charge on any atom is 0.237 e. The number of phenols is 1. The van der Waals surface area contributed by atoms with Gasteiger partial charge in [0.1, 0.15) is 5.75 Å². The number of methoxy groups -OCH3 is 1. The van der Waals surface area contributed by atoms with Gasteiger partial charge in [0, 0.05) is 20.3 Å². The Bertz CT molecular complexity index is 443. The van der Waals surface area contributed by atoms with E-state index in [0.717, 1.165) is 12.0 Å². The molecule has 1 rings (SSSR count). The van der Waals surface area contributed by atoms with Crippen molar-refractivity contribution in [1.82, 2.24) is 5.32 Å². The second kappa shape index (κ2) is 8.00. The second-order valence-electron chi connectivity index (χ2n) is 6.10. The summed E-state index contributed by atoms with van der Waals surface area (Å²) < 4.78 is 5.06. The molecule has 0 saturated heterocycles. The molecule has 0 saturated carbocycles. The number of rotatable bonds is 8. The van der Waals surface area contributed by atoms with Gasteiger partial charge < -0.3 is 20.9 Å². The number of aromatic hydroxyl groups is 1. The minimum atomic E-state index is -0.590. The fraction of sp³-hybridized carbons (Fsp3) is 0.562. The highest BCUT2D eigenvalue weighted by Gasteiger charge is 2.21. The van der Waals surface area contributed by atoms with Crippen LogP contribution in [0, 0.1) is 5.41 Å². The van der Waals surface area contributed by atoms with Crippen molar-refractivity contribution in [3.8, 4) is 5.75 Å². The summed E-state index contributed by atoms with van der Waals surface area (Å²) in [4.78, 5) is 12.0. The molecule has 0 bridgehead atoms. The summed E-state index contributed by atoms with van der Waals surface area (Å²) in [5, 5.41) is 12.1. The zero-order chi connectivity index (χ0) is 15.9. The zero-order valence-electron chi connectivity index (χ0n) is 13.1. The third-order valence-electron chi connectivity index (χ3n) is 3.45. The molecule has 0 aliphatic rings. The number of carbonyl (C=O) groups is 1. The van der Waals surface area contributed by atoms with Crippen LogP contribution in [-0.2, 0) is 16.0 Å². The monoisotopic (exact) mass is 294 g/mol. The van der Waals surface area contributed by atoms with Gasteiger partial charge in [0.25, 0.3) is 0 Å². The maximum absolute atomic E-state index is 12.0. The van der Waals surface area contributed by atoms with Crippen LogP contribution in [0.5, 0.6) is 5.75 Å². The topological polar surface area (TPSA) is 84.6 Å². The molecule has 0 fully saturated rings. The fourth-order valence-corrected chi connectivity index (χ4v) is 1.90. The van der Waals surface area contributed by atoms with Crippen molar-refractivity contribution >= 4 is 5.91 Å². The molecule has 0 spiro atoms. The highest BCUT2D eigenvalue weighted by atomic mass is 16.5. The van der Waals surface area contributed by atoms with Crippen molar-refractivity contribution in [2.75, 3.05) is 20.3 Å². The number of carbonyl (C=O) groups excluding carboxylic acids is 1. The van der Waals surface area contributed by atoms with E-state index in [0.29, 0.717) is 19.6 Å². The van der Waals surface area contributed by atoms with E-state index in [1.807, 2.05) is 0 Å². The van der Waals surface area contributed by atoms with E-state index in [4.69, 9.17) is 10.5 Å². The number of hydrogen-bond acceptors (Lipinski definition) is 4. The van der Waals surface area contributed by atoms with Crippen molar-refractivity contribution in [2.45, 2.75) is 32.7 Å². The number of nitrogens with one attached hydrogen (secondary N) is 1. The smallest absolute Gasteiger partial charge is 0.237 e. The van der Waals surface area contributed by atoms with Gasteiger partial charge in [-0.25, -0.2) is 0 Å². The highest BCUT2D eigenvalue weighted by Crippen LogP contribution is 2.18. The summed E-state index contributed by atoms with van der Waals surface area (Å²) in [6, 6.07) is 6.13. The summed E-state index contributed by atoms with van der Waals surface area (Å²) in [6.07, 6.45) is 1.32.